The summed E-state index contributed by atoms with van der Waals surface area (Å²) in [7, 11) is 0. The molecule has 0 atom stereocenters. The number of hydrogen-bond acceptors (Lipinski definition) is 4. The fourth-order valence-electron chi connectivity index (χ4n) is 2.51. The highest BCUT2D eigenvalue weighted by Crippen LogP contribution is 2.24. The largest absolute Gasteiger partial charge is 0.379 e. The van der Waals surface area contributed by atoms with Crippen LogP contribution in [0.1, 0.15) is 16.1 Å². The lowest BCUT2D eigenvalue weighted by atomic mass is 10.2. The van der Waals surface area contributed by atoms with Crippen molar-refractivity contribution < 1.29 is 9.53 Å². The first-order valence-electron chi connectivity index (χ1n) is 7.40. The molecule has 1 amide bonds. The highest BCUT2D eigenvalue weighted by molar-refractivity contribution is 7.20. The number of nitrogens with zero attached hydrogens (tertiary/aromatic N) is 1. The van der Waals surface area contributed by atoms with Crippen LogP contribution in [-0.4, -0.2) is 50.2 Å². The Labute approximate surface area is 128 Å². The minimum Gasteiger partial charge on any atom is -0.379 e. The number of morpholine rings is 1. The van der Waals surface area contributed by atoms with Crippen LogP contribution < -0.4 is 5.32 Å². The van der Waals surface area contributed by atoms with Gasteiger partial charge in [-0.05, 0) is 30.5 Å². The summed E-state index contributed by atoms with van der Waals surface area (Å²) in [6.45, 7) is 5.41. The first kappa shape index (κ1) is 14.5. The number of rotatable bonds is 5. The van der Waals surface area contributed by atoms with Crippen molar-refractivity contribution in [2.24, 2.45) is 0 Å². The molecule has 1 aliphatic rings. The number of benzene rings is 1. The minimum atomic E-state index is 0.0400. The van der Waals surface area contributed by atoms with E-state index in [1.165, 1.54) is 0 Å². The zero-order chi connectivity index (χ0) is 14.5. The Hall–Kier alpha value is -1.43. The molecular weight excluding hydrogens is 284 g/mol. The van der Waals surface area contributed by atoms with Gasteiger partial charge in [-0.25, -0.2) is 0 Å². The number of fused-ring (bicyclic) bond motifs is 1. The molecular formula is C16H20N2O2S. The Kier molecular flexibility index (Phi) is 4.85. The SMILES string of the molecule is O=C(NCCCN1CCOCC1)c1cc2ccccc2s1. The fraction of sp³-hybridized carbons (Fsp3) is 0.438. The van der Waals surface area contributed by atoms with Crippen molar-refractivity contribution in [1.29, 1.82) is 0 Å². The van der Waals surface area contributed by atoms with Gasteiger partial charge in [0, 0.05) is 24.3 Å². The molecule has 0 aliphatic carbocycles. The average molecular weight is 304 g/mol. The average Bonchev–Trinajstić information content (AvgIpc) is 2.96. The van der Waals surface area contributed by atoms with Crippen molar-refractivity contribution in [2.75, 3.05) is 39.4 Å². The van der Waals surface area contributed by atoms with Gasteiger partial charge in [-0.3, -0.25) is 9.69 Å². The first-order valence-corrected chi connectivity index (χ1v) is 8.21. The third kappa shape index (κ3) is 3.81. The van der Waals surface area contributed by atoms with Gasteiger partial charge >= 0.3 is 0 Å². The van der Waals surface area contributed by atoms with Gasteiger partial charge in [0.15, 0.2) is 0 Å². The second-order valence-electron chi connectivity index (χ2n) is 5.21. The van der Waals surface area contributed by atoms with E-state index < -0.39 is 0 Å². The Morgan fingerprint density at radius 1 is 1.29 bits per heavy atom. The Morgan fingerprint density at radius 2 is 2.10 bits per heavy atom. The monoisotopic (exact) mass is 304 g/mol. The Balaban J connectivity index is 1.45. The predicted octanol–water partition coefficient (Wildman–Crippen LogP) is 2.35. The smallest absolute Gasteiger partial charge is 0.261 e. The maximum absolute atomic E-state index is 12.1. The van der Waals surface area contributed by atoms with Crippen LogP contribution in [0.2, 0.25) is 0 Å². The zero-order valence-corrected chi connectivity index (χ0v) is 12.8. The van der Waals surface area contributed by atoms with Gasteiger partial charge in [0.1, 0.15) is 0 Å². The molecule has 1 N–H and O–H groups in total. The molecule has 1 aromatic heterocycles. The zero-order valence-electron chi connectivity index (χ0n) is 12.0. The van der Waals surface area contributed by atoms with Gasteiger partial charge in [0.25, 0.3) is 5.91 Å². The maximum Gasteiger partial charge on any atom is 0.261 e. The molecule has 1 aliphatic heterocycles. The van der Waals surface area contributed by atoms with E-state index in [0.717, 1.165) is 60.8 Å². The highest BCUT2D eigenvalue weighted by atomic mass is 32.1. The van der Waals surface area contributed by atoms with Crippen molar-refractivity contribution >= 4 is 27.3 Å². The van der Waals surface area contributed by atoms with Gasteiger partial charge in [-0.2, -0.15) is 0 Å². The van der Waals surface area contributed by atoms with Gasteiger partial charge in [0.05, 0.1) is 18.1 Å². The molecule has 2 heterocycles. The normalized spacial score (nSPS) is 16.2. The van der Waals surface area contributed by atoms with Crippen molar-refractivity contribution in [3.05, 3.63) is 35.2 Å². The summed E-state index contributed by atoms with van der Waals surface area (Å²) in [5.74, 6) is 0.0400. The number of ether oxygens (including phenoxy) is 1. The molecule has 2 aromatic rings. The van der Waals surface area contributed by atoms with Crippen molar-refractivity contribution in [3.63, 3.8) is 0 Å². The van der Waals surface area contributed by atoms with E-state index in [9.17, 15) is 4.79 Å². The van der Waals surface area contributed by atoms with E-state index in [2.05, 4.69) is 16.3 Å². The van der Waals surface area contributed by atoms with E-state index in [-0.39, 0.29) is 5.91 Å². The molecule has 3 rings (SSSR count). The van der Waals surface area contributed by atoms with E-state index in [1.807, 2.05) is 24.3 Å². The lowest BCUT2D eigenvalue weighted by Crippen LogP contribution is -2.38. The van der Waals surface area contributed by atoms with Crippen LogP contribution in [0.25, 0.3) is 10.1 Å². The van der Waals surface area contributed by atoms with Crippen molar-refractivity contribution in [1.82, 2.24) is 10.2 Å². The van der Waals surface area contributed by atoms with Crippen LogP contribution in [0.15, 0.2) is 30.3 Å². The van der Waals surface area contributed by atoms with Gasteiger partial charge in [-0.15, -0.1) is 11.3 Å². The van der Waals surface area contributed by atoms with Gasteiger partial charge in [0.2, 0.25) is 0 Å². The molecule has 1 aromatic carbocycles. The molecule has 0 spiro atoms. The summed E-state index contributed by atoms with van der Waals surface area (Å²) in [5.41, 5.74) is 0. The molecule has 0 saturated carbocycles. The van der Waals surface area contributed by atoms with Gasteiger partial charge < -0.3 is 10.1 Å². The van der Waals surface area contributed by atoms with E-state index in [0.29, 0.717) is 0 Å². The summed E-state index contributed by atoms with van der Waals surface area (Å²) in [5, 5.41) is 4.15. The van der Waals surface area contributed by atoms with Crippen LogP contribution in [0, 0.1) is 0 Å². The van der Waals surface area contributed by atoms with Crippen LogP contribution in [0.3, 0.4) is 0 Å². The molecule has 21 heavy (non-hydrogen) atoms. The molecule has 4 nitrogen and oxygen atoms in total. The predicted molar refractivity (Wildman–Crippen MR) is 86.0 cm³/mol. The van der Waals surface area contributed by atoms with Gasteiger partial charge in [-0.1, -0.05) is 18.2 Å². The lowest BCUT2D eigenvalue weighted by Gasteiger charge is -2.26. The summed E-state index contributed by atoms with van der Waals surface area (Å²) >= 11 is 1.55. The number of hydrogen-bond donors (Lipinski definition) is 1. The van der Waals surface area contributed by atoms with Crippen LogP contribution in [0.4, 0.5) is 0 Å². The standard InChI is InChI=1S/C16H20N2O2S/c19-16(15-12-13-4-1-2-5-14(13)21-15)17-6-3-7-18-8-10-20-11-9-18/h1-2,4-5,12H,3,6-11H2,(H,17,19). The van der Waals surface area contributed by atoms with E-state index in [4.69, 9.17) is 4.74 Å². The first-order chi connectivity index (χ1) is 10.3. The summed E-state index contributed by atoms with van der Waals surface area (Å²) in [4.78, 5) is 15.3. The number of amides is 1. The molecule has 112 valence electrons. The number of thiophene rings is 1. The molecule has 1 fully saturated rings. The second kappa shape index (κ2) is 7.02. The van der Waals surface area contributed by atoms with Crippen molar-refractivity contribution in [3.8, 4) is 0 Å². The topological polar surface area (TPSA) is 41.6 Å². The molecule has 0 bridgehead atoms. The summed E-state index contributed by atoms with van der Waals surface area (Å²) in [6.07, 6.45) is 0.983. The van der Waals surface area contributed by atoms with Crippen LogP contribution in [0.5, 0.6) is 0 Å². The minimum absolute atomic E-state index is 0.0400. The molecule has 1 saturated heterocycles. The number of carbonyl (C=O) groups is 1. The summed E-state index contributed by atoms with van der Waals surface area (Å²) < 4.78 is 6.48. The third-order valence-electron chi connectivity index (χ3n) is 3.69. The summed E-state index contributed by atoms with van der Waals surface area (Å²) in [6, 6.07) is 10.1. The van der Waals surface area contributed by atoms with E-state index >= 15 is 0 Å². The molecule has 0 radical (unpaired) electrons. The third-order valence-corrected chi connectivity index (χ3v) is 4.80. The second-order valence-corrected chi connectivity index (χ2v) is 6.30. The number of carbonyl (C=O) groups excluding carboxylic acids is 1. The number of nitrogens with one attached hydrogen (secondary N) is 1. The van der Waals surface area contributed by atoms with Crippen molar-refractivity contribution in [2.45, 2.75) is 6.42 Å². The maximum atomic E-state index is 12.1. The Bertz CT molecular complexity index is 572. The van der Waals surface area contributed by atoms with E-state index in [1.54, 1.807) is 11.3 Å². The molecule has 5 heteroatoms. The van der Waals surface area contributed by atoms with Crippen LogP contribution >= 0.6 is 11.3 Å². The Morgan fingerprint density at radius 3 is 2.90 bits per heavy atom. The molecule has 0 unspecified atom stereocenters. The highest BCUT2D eigenvalue weighted by Gasteiger charge is 2.11. The fourth-order valence-corrected chi connectivity index (χ4v) is 3.49. The lowest BCUT2D eigenvalue weighted by molar-refractivity contribution is 0.0374. The quantitative estimate of drug-likeness (QED) is 0.862. The van der Waals surface area contributed by atoms with Crippen LogP contribution in [-0.2, 0) is 4.74 Å².